The molecule has 22 heavy (non-hydrogen) atoms. The van der Waals surface area contributed by atoms with Gasteiger partial charge in [-0.3, -0.25) is 4.79 Å². The minimum Gasteiger partial charge on any atom is -0.465 e. The summed E-state index contributed by atoms with van der Waals surface area (Å²) in [6.07, 6.45) is 0. The third kappa shape index (κ3) is 3.85. The summed E-state index contributed by atoms with van der Waals surface area (Å²) in [4.78, 5) is 27.9. The van der Waals surface area contributed by atoms with Crippen LogP contribution in [0.2, 0.25) is 5.02 Å². The number of esters is 1. The van der Waals surface area contributed by atoms with E-state index in [0.717, 1.165) is 5.56 Å². The molecule has 0 aliphatic carbocycles. The summed E-state index contributed by atoms with van der Waals surface area (Å²) in [5, 5.41) is 3.27. The highest BCUT2D eigenvalue weighted by Gasteiger charge is 2.38. The topological polar surface area (TPSA) is 67.8 Å². The molecule has 0 bridgehead atoms. The Hall–Kier alpha value is -1.88. The highest BCUT2D eigenvalue weighted by atomic mass is 35.5. The minimum atomic E-state index is -0.644. The van der Waals surface area contributed by atoms with Gasteiger partial charge < -0.3 is 10.1 Å². The van der Waals surface area contributed by atoms with Crippen LogP contribution in [0.15, 0.2) is 29.3 Å². The van der Waals surface area contributed by atoms with Crippen molar-refractivity contribution in [1.82, 2.24) is 5.32 Å². The fourth-order valence-corrected chi connectivity index (χ4v) is 2.54. The van der Waals surface area contributed by atoms with Gasteiger partial charge >= 0.3 is 12.0 Å². The van der Waals surface area contributed by atoms with E-state index in [-0.39, 0.29) is 11.9 Å². The molecule has 1 aromatic rings. The molecule has 2 rings (SSSR count). The molecule has 0 fully saturated rings. The maximum absolute atomic E-state index is 12.4. The Morgan fingerprint density at radius 1 is 1.45 bits per heavy atom. The maximum atomic E-state index is 12.4. The smallest absolute Gasteiger partial charge is 0.341 e. The second kappa shape index (κ2) is 6.92. The van der Waals surface area contributed by atoms with E-state index in [1.165, 1.54) is 0 Å². The van der Waals surface area contributed by atoms with Gasteiger partial charge in [0.15, 0.2) is 0 Å². The lowest BCUT2D eigenvalue weighted by Gasteiger charge is -2.30. The first-order chi connectivity index (χ1) is 10.4. The van der Waals surface area contributed by atoms with Gasteiger partial charge in [-0.05, 0) is 30.5 Å². The summed E-state index contributed by atoms with van der Waals surface area (Å²) in [7, 11) is 0. The van der Waals surface area contributed by atoms with E-state index < -0.39 is 18.0 Å². The molecule has 0 saturated heterocycles. The molecule has 0 aromatic heterocycles. The number of aliphatic imine (C=N–C) groups is 1. The maximum Gasteiger partial charge on any atom is 0.341 e. The third-order valence-electron chi connectivity index (χ3n) is 3.36. The molecule has 5 nitrogen and oxygen atoms in total. The van der Waals surface area contributed by atoms with Gasteiger partial charge in [0, 0.05) is 10.7 Å². The molecule has 2 unspecified atom stereocenters. The highest BCUT2D eigenvalue weighted by Crippen LogP contribution is 2.29. The Bertz CT molecular complexity index is 613. The summed E-state index contributed by atoms with van der Waals surface area (Å²) in [5.74, 6) is -0.793. The molecule has 2 atom stereocenters. The average molecular weight is 323 g/mol. The van der Waals surface area contributed by atoms with Gasteiger partial charge in [0.2, 0.25) is 0 Å². The first kappa shape index (κ1) is 16.5. The van der Waals surface area contributed by atoms with Crippen LogP contribution >= 0.6 is 11.6 Å². The minimum absolute atomic E-state index is 0.240. The quantitative estimate of drug-likeness (QED) is 0.864. The van der Waals surface area contributed by atoms with Crippen molar-refractivity contribution in [1.29, 1.82) is 0 Å². The number of ether oxygens (including phenoxy) is 1. The molecule has 1 aliphatic rings. The van der Waals surface area contributed by atoms with Crippen molar-refractivity contribution in [3.8, 4) is 0 Å². The number of urea groups is 1. The zero-order chi connectivity index (χ0) is 16.3. The van der Waals surface area contributed by atoms with Crippen LogP contribution in [-0.4, -0.2) is 24.3 Å². The standard InChI is InChI=1S/C16H19ClN2O3/c1-9(2)8-22-15(20)13-10(3)18-16(21)19-14(13)11-5-4-6-12(17)7-11/h4-7,9,13-14H,8H2,1-3H3,(H,19,21). The second-order valence-electron chi connectivity index (χ2n) is 5.74. The predicted octanol–water partition coefficient (Wildman–Crippen LogP) is 3.38. The number of rotatable bonds is 4. The van der Waals surface area contributed by atoms with Gasteiger partial charge in [0.05, 0.1) is 12.6 Å². The second-order valence-corrected chi connectivity index (χ2v) is 6.17. The number of hydrogen-bond donors (Lipinski definition) is 1. The van der Waals surface area contributed by atoms with E-state index >= 15 is 0 Å². The van der Waals surface area contributed by atoms with Gasteiger partial charge in [-0.25, -0.2) is 9.79 Å². The van der Waals surface area contributed by atoms with Crippen molar-refractivity contribution in [3.05, 3.63) is 34.9 Å². The Kier molecular flexibility index (Phi) is 5.19. The van der Waals surface area contributed by atoms with Crippen LogP contribution in [0, 0.1) is 11.8 Å². The van der Waals surface area contributed by atoms with Crippen LogP contribution in [0.25, 0.3) is 0 Å². The number of carbonyl (C=O) groups excluding carboxylic acids is 2. The summed E-state index contributed by atoms with van der Waals surface area (Å²) in [6.45, 7) is 5.92. The monoisotopic (exact) mass is 322 g/mol. The molecule has 2 amide bonds. The number of amides is 2. The summed E-state index contributed by atoms with van der Waals surface area (Å²) >= 11 is 6.01. The number of halogens is 1. The van der Waals surface area contributed by atoms with Crippen LogP contribution in [-0.2, 0) is 9.53 Å². The predicted molar refractivity (Wildman–Crippen MR) is 85.1 cm³/mol. The van der Waals surface area contributed by atoms with E-state index in [9.17, 15) is 9.59 Å². The first-order valence-electron chi connectivity index (χ1n) is 7.16. The number of nitrogens with zero attached hydrogens (tertiary/aromatic N) is 1. The largest absolute Gasteiger partial charge is 0.465 e. The lowest BCUT2D eigenvalue weighted by atomic mass is 9.88. The van der Waals surface area contributed by atoms with Crippen molar-refractivity contribution in [2.45, 2.75) is 26.8 Å². The number of nitrogens with one attached hydrogen (secondary N) is 1. The third-order valence-corrected chi connectivity index (χ3v) is 3.60. The molecule has 1 aliphatic heterocycles. The fraction of sp³-hybridized carbons (Fsp3) is 0.438. The van der Waals surface area contributed by atoms with Crippen molar-refractivity contribution < 1.29 is 14.3 Å². The normalized spacial score (nSPS) is 21.3. The molecule has 1 aromatic carbocycles. The molecular weight excluding hydrogens is 304 g/mol. The van der Waals surface area contributed by atoms with E-state index in [2.05, 4.69) is 10.3 Å². The molecular formula is C16H19ClN2O3. The van der Waals surface area contributed by atoms with Crippen LogP contribution in [0.4, 0.5) is 4.79 Å². The molecule has 118 valence electrons. The van der Waals surface area contributed by atoms with Crippen molar-refractivity contribution in [2.24, 2.45) is 16.8 Å². The molecule has 1 N–H and O–H groups in total. The van der Waals surface area contributed by atoms with Crippen molar-refractivity contribution in [2.75, 3.05) is 6.61 Å². The van der Waals surface area contributed by atoms with Crippen LogP contribution in [0.5, 0.6) is 0 Å². The fourth-order valence-electron chi connectivity index (χ4n) is 2.34. The lowest BCUT2D eigenvalue weighted by Crippen LogP contribution is -2.44. The lowest BCUT2D eigenvalue weighted by molar-refractivity contribution is -0.148. The van der Waals surface area contributed by atoms with Crippen LogP contribution in [0.1, 0.15) is 32.4 Å². The van der Waals surface area contributed by atoms with Crippen LogP contribution < -0.4 is 5.32 Å². The molecule has 0 spiro atoms. The molecule has 1 heterocycles. The van der Waals surface area contributed by atoms with Gasteiger partial charge in [-0.15, -0.1) is 0 Å². The first-order valence-corrected chi connectivity index (χ1v) is 7.54. The van der Waals surface area contributed by atoms with Gasteiger partial charge in [-0.1, -0.05) is 37.6 Å². The Morgan fingerprint density at radius 2 is 2.18 bits per heavy atom. The summed E-state index contributed by atoms with van der Waals surface area (Å²) in [5.41, 5.74) is 1.20. The number of carbonyl (C=O) groups is 2. The zero-order valence-electron chi connectivity index (χ0n) is 12.8. The Balaban J connectivity index is 2.30. The van der Waals surface area contributed by atoms with Crippen molar-refractivity contribution in [3.63, 3.8) is 0 Å². The number of benzene rings is 1. The van der Waals surface area contributed by atoms with Gasteiger partial charge in [0.1, 0.15) is 5.92 Å². The molecule has 0 saturated carbocycles. The highest BCUT2D eigenvalue weighted by molar-refractivity contribution is 6.30. The Labute approximate surface area is 134 Å². The summed E-state index contributed by atoms with van der Waals surface area (Å²) in [6, 6.07) is 6.08. The SMILES string of the molecule is CC1=NC(=O)NC(c2cccc(Cl)c2)C1C(=O)OCC(C)C. The van der Waals surface area contributed by atoms with Crippen LogP contribution in [0.3, 0.4) is 0 Å². The van der Waals surface area contributed by atoms with E-state index in [0.29, 0.717) is 17.3 Å². The summed E-state index contributed by atoms with van der Waals surface area (Å²) < 4.78 is 5.33. The average Bonchev–Trinajstić information content (AvgIpc) is 2.44. The van der Waals surface area contributed by atoms with Crippen molar-refractivity contribution >= 4 is 29.3 Å². The van der Waals surface area contributed by atoms with E-state index in [1.807, 2.05) is 19.9 Å². The number of hydrogen-bond acceptors (Lipinski definition) is 3. The molecule has 6 heteroatoms. The molecule has 0 radical (unpaired) electrons. The zero-order valence-corrected chi connectivity index (χ0v) is 13.6. The van der Waals surface area contributed by atoms with Gasteiger partial charge in [0.25, 0.3) is 0 Å². The van der Waals surface area contributed by atoms with E-state index in [1.54, 1.807) is 25.1 Å². The Morgan fingerprint density at radius 3 is 2.82 bits per heavy atom. The van der Waals surface area contributed by atoms with E-state index in [4.69, 9.17) is 16.3 Å². The van der Waals surface area contributed by atoms with Gasteiger partial charge in [-0.2, -0.15) is 0 Å².